The van der Waals surface area contributed by atoms with E-state index in [1.807, 2.05) is 19.1 Å². The monoisotopic (exact) mass is 478 g/mol. The van der Waals surface area contributed by atoms with Gasteiger partial charge in [-0.3, -0.25) is 4.99 Å². The predicted molar refractivity (Wildman–Crippen MR) is 117 cm³/mol. The second kappa shape index (κ2) is 12.6. The minimum atomic E-state index is 0. The van der Waals surface area contributed by atoms with Crippen LogP contribution < -0.4 is 10.6 Å². The molecule has 1 aliphatic rings. The van der Waals surface area contributed by atoms with Crippen LogP contribution in [0.25, 0.3) is 0 Å². The van der Waals surface area contributed by atoms with Gasteiger partial charge in [-0.1, -0.05) is 0 Å². The van der Waals surface area contributed by atoms with Gasteiger partial charge in [0.1, 0.15) is 11.5 Å². The van der Waals surface area contributed by atoms with Crippen LogP contribution in [0.2, 0.25) is 0 Å². The van der Waals surface area contributed by atoms with Gasteiger partial charge in [-0.25, -0.2) is 0 Å². The second-order valence-corrected chi connectivity index (χ2v) is 6.81. The topological polar surface area (TPSA) is 62.0 Å². The molecule has 1 aromatic rings. The van der Waals surface area contributed by atoms with E-state index in [0.717, 1.165) is 56.8 Å². The molecule has 2 heterocycles. The number of ether oxygens (including phenoxy) is 1. The summed E-state index contributed by atoms with van der Waals surface area (Å²) in [5.74, 6) is 3.40. The molecular weight excluding hydrogens is 443 g/mol. The molecule has 0 bridgehead atoms. The van der Waals surface area contributed by atoms with Crippen molar-refractivity contribution in [1.82, 2.24) is 15.5 Å². The van der Waals surface area contributed by atoms with Crippen molar-refractivity contribution < 1.29 is 9.15 Å². The third-order valence-corrected chi connectivity index (χ3v) is 4.71. The van der Waals surface area contributed by atoms with E-state index in [9.17, 15) is 0 Å². The number of methoxy groups -OCH3 is 1. The van der Waals surface area contributed by atoms with E-state index in [0.29, 0.717) is 5.92 Å². The molecule has 1 aliphatic heterocycles. The van der Waals surface area contributed by atoms with Gasteiger partial charge in [-0.2, -0.15) is 0 Å². The number of halogens is 1. The van der Waals surface area contributed by atoms with Crippen molar-refractivity contribution in [3.05, 3.63) is 23.7 Å². The Kier molecular flexibility index (Phi) is 11.2. The van der Waals surface area contributed by atoms with Crippen LogP contribution in [0.4, 0.5) is 0 Å². The molecule has 0 radical (unpaired) electrons. The number of furan rings is 1. The van der Waals surface area contributed by atoms with Crippen LogP contribution in [0.3, 0.4) is 0 Å². The van der Waals surface area contributed by atoms with Crippen LogP contribution in [-0.2, 0) is 4.74 Å². The molecule has 0 aliphatic carbocycles. The summed E-state index contributed by atoms with van der Waals surface area (Å²) in [5, 5.41) is 6.78. The molecular formula is C19H35IN4O2. The predicted octanol–water partition coefficient (Wildman–Crippen LogP) is 3.18. The molecule has 2 rings (SSSR count). The summed E-state index contributed by atoms with van der Waals surface area (Å²) in [6.45, 7) is 12.0. The number of aryl methyl sites for hydroxylation is 1. The van der Waals surface area contributed by atoms with E-state index in [1.54, 1.807) is 7.11 Å². The molecule has 2 N–H and O–H groups in total. The fourth-order valence-electron chi connectivity index (χ4n) is 3.12. The summed E-state index contributed by atoms with van der Waals surface area (Å²) < 4.78 is 10.9. The Morgan fingerprint density at radius 2 is 2.12 bits per heavy atom. The number of guanidine groups is 1. The molecule has 0 amide bonds. The maximum absolute atomic E-state index is 5.70. The lowest BCUT2D eigenvalue weighted by Crippen LogP contribution is -2.40. The van der Waals surface area contributed by atoms with Crippen LogP contribution in [0.15, 0.2) is 21.5 Å². The van der Waals surface area contributed by atoms with Crippen molar-refractivity contribution >= 4 is 29.9 Å². The number of aliphatic imine (C=N–C) groups is 1. The summed E-state index contributed by atoms with van der Waals surface area (Å²) >= 11 is 0. The van der Waals surface area contributed by atoms with Crippen LogP contribution in [-0.4, -0.2) is 57.3 Å². The second-order valence-electron chi connectivity index (χ2n) is 6.81. The van der Waals surface area contributed by atoms with Gasteiger partial charge >= 0.3 is 0 Å². The van der Waals surface area contributed by atoms with Gasteiger partial charge in [-0.15, -0.1) is 24.0 Å². The van der Waals surface area contributed by atoms with Crippen LogP contribution in [0, 0.1) is 12.8 Å². The average molecular weight is 478 g/mol. The summed E-state index contributed by atoms with van der Waals surface area (Å²) in [7, 11) is 1.77. The lowest BCUT2D eigenvalue weighted by Gasteiger charge is -2.31. The lowest BCUT2D eigenvalue weighted by atomic mass is 9.97. The summed E-state index contributed by atoms with van der Waals surface area (Å²) in [6, 6.07) is 4.11. The largest absolute Gasteiger partial charge is 0.464 e. The van der Waals surface area contributed by atoms with Crippen LogP contribution in [0.5, 0.6) is 0 Å². The minimum Gasteiger partial charge on any atom is -0.464 e. The highest BCUT2D eigenvalue weighted by Crippen LogP contribution is 2.18. The highest BCUT2D eigenvalue weighted by molar-refractivity contribution is 14.0. The van der Waals surface area contributed by atoms with Gasteiger partial charge in [0.05, 0.1) is 12.6 Å². The Balaban J connectivity index is 0.00000338. The Morgan fingerprint density at radius 1 is 1.38 bits per heavy atom. The maximum Gasteiger partial charge on any atom is 0.191 e. The van der Waals surface area contributed by atoms with Crippen molar-refractivity contribution in [1.29, 1.82) is 0 Å². The third kappa shape index (κ3) is 7.84. The zero-order valence-corrected chi connectivity index (χ0v) is 18.9. The van der Waals surface area contributed by atoms with Gasteiger partial charge in [-0.05, 0) is 64.8 Å². The van der Waals surface area contributed by atoms with Gasteiger partial charge in [0.2, 0.25) is 0 Å². The first-order chi connectivity index (χ1) is 12.1. The van der Waals surface area contributed by atoms with E-state index in [4.69, 9.17) is 14.1 Å². The molecule has 6 nitrogen and oxygen atoms in total. The molecule has 1 aromatic heterocycles. The summed E-state index contributed by atoms with van der Waals surface area (Å²) in [4.78, 5) is 7.29. The fourth-order valence-corrected chi connectivity index (χ4v) is 3.12. The molecule has 0 aromatic carbocycles. The molecule has 1 atom stereocenters. The standard InChI is InChI=1S/C19H34N4O2.HI/c1-5-20-19(22-16(3)18-7-6-15(2)25-18)21-14-17-8-10-23(11-9-17)12-13-24-4;/h6-7,16-17H,5,8-14H2,1-4H3,(H2,20,21,22);1H. The summed E-state index contributed by atoms with van der Waals surface area (Å²) in [5.41, 5.74) is 0. The van der Waals surface area contributed by atoms with Crippen LogP contribution in [0.1, 0.15) is 44.3 Å². The highest BCUT2D eigenvalue weighted by atomic mass is 127. The molecule has 1 fully saturated rings. The molecule has 1 unspecified atom stereocenters. The zero-order valence-electron chi connectivity index (χ0n) is 16.6. The molecule has 0 spiro atoms. The van der Waals surface area contributed by atoms with Crippen molar-refractivity contribution in [2.75, 3.05) is 46.4 Å². The van der Waals surface area contributed by atoms with E-state index >= 15 is 0 Å². The first kappa shape index (κ1) is 23.2. The number of likely N-dealkylation sites (tertiary alicyclic amines) is 1. The van der Waals surface area contributed by atoms with Crippen LogP contribution >= 0.6 is 24.0 Å². The normalized spacial score (nSPS) is 17.6. The minimum absolute atomic E-state index is 0. The third-order valence-electron chi connectivity index (χ3n) is 4.71. The van der Waals surface area contributed by atoms with Gasteiger partial charge in [0.25, 0.3) is 0 Å². The van der Waals surface area contributed by atoms with E-state index in [-0.39, 0.29) is 30.0 Å². The Labute approximate surface area is 175 Å². The number of nitrogens with one attached hydrogen (secondary N) is 2. The van der Waals surface area contributed by atoms with E-state index in [2.05, 4.69) is 29.4 Å². The lowest BCUT2D eigenvalue weighted by molar-refractivity contribution is 0.121. The SMILES string of the molecule is CCNC(=NCC1CCN(CCOC)CC1)NC(C)c1ccc(C)o1.I. The van der Waals surface area contributed by atoms with Crippen molar-refractivity contribution in [3.63, 3.8) is 0 Å². The van der Waals surface area contributed by atoms with Gasteiger partial charge in [0, 0.05) is 26.7 Å². The fraction of sp³-hybridized carbons (Fsp3) is 0.737. The van der Waals surface area contributed by atoms with Gasteiger partial charge in [0.15, 0.2) is 5.96 Å². The number of rotatable bonds is 8. The Hall–Kier alpha value is -0.800. The quantitative estimate of drug-likeness (QED) is 0.342. The molecule has 26 heavy (non-hydrogen) atoms. The molecule has 0 saturated carbocycles. The highest BCUT2D eigenvalue weighted by Gasteiger charge is 2.19. The molecule has 150 valence electrons. The van der Waals surface area contributed by atoms with Gasteiger partial charge < -0.3 is 24.7 Å². The van der Waals surface area contributed by atoms with Crippen molar-refractivity contribution in [3.8, 4) is 0 Å². The Morgan fingerprint density at radius 3 is 2.69 bits per heavy atom. The maximum atomic E-state index is 5.70. The first-order valence-corrected chi connectivity index (χ1v) is 9.44. The van der Waals surface area contributed by atoms with E-state index < -0.39 is 0 Å². The smallest absolute Gasteiger partial charge is 0.191 e. The summed E-state index contributed by atoms with van der Waals surface area (Å²) in [6.07, 6.45) is 2.42. The molecule has 1 saturated heterocycles. The first-order valence-electron chi connectivity index (χ1n) is 9.44. The van der Waals surface area contributed by atoms with Crippen molar-refractivity contribution in [2.24, 2.45) is 10.9 Å². The number of nitrogens with zero attached hydrogens (tertiary/aromatic N) is 2. The number of hydrogen-bond acceptors (Lipinski definition) is 4. The Bertz CT molecular complexity index is 527. The number of piperidine rings is 1. The number of hydrogen-bond donors (Lipinski definition) is 2. The van der Waals surface area contributed by atoms with Crippen molar-refractivity contribution in [2.45, 2.75) is 39.7 Å². The van der Waals surface area contributed by atoms with E-state index in [1.165, 1.54) is 12.8 Å². The molecule has 7 heteroatoms. The average Bonchev–Trinajstić information content (AvgIpc) is 3.05. The zero-order chi connectivity index (χ0) is 18.1.